The van der Waals surface area contributed by atoms with E-state index in [9.17, 15) is 4.39 Å². The molecule has 3 heterocycles. The van der Waals surface area contributed by atoms with E-state index >= 15 is 0 Å². The van der Waals surface area contributed by atoms with Crippen molar-refractivity contribution in [1.82, 2.24) is 30.7 Å². The molecule has 0 spiro atoms. The van der Waals surface area contributed by atoms with E-state index in [0.29, 0.717) is 36.0 Å². The maximum atomic E-state index is 13.6. The number of nitrogens with one attached hydrogen (secondary N) is 3. The smallest absolute Gasteiger partial charge is 0.192 e. The lowest BCUT2D eigenvalue weighted by molar-refractivity contribution is 0.367. The van der Waals surface area contributed by atoms with Crippen LogP contribution in [-0.2, 0) is 6.54 Å². The Balaban J connectivity index is 1.50. The number of nitrogens with two attached hydrogens (primary N) is 1. The summed E-state index contributed by atoms with van der Waals surface area (Å²) in [5.74, 6) is 2.45. The first-order valence-electron chi connectivity index (χ1n) is 11.4. The zero-order chi connectivity index (χ0) is 23.7. The van der Waals surface area contributed by atoms with Crippen LogP contribution >= 0.6 is 0 Å². The molecular weight excluding hydrogens is 433 g/mol. The van der Waals surface area contributed by atoms with Crippen LogP contribution in [0.4, 0.5) is 21.8 Å². The number of H-pyrrole nitrogens is 1. The number of fused-ring (bicyclic) bond motifs is 1. The van der Waals surface area contributed by atoms with Gasteiger partial charge in [0.05, 0.1) is 5.52 Å². The molecule has 10 heteroatoms. The van der Waals surface area contributed by atoms with Crippen molar-refractivity contribution in [3.63, 3.8) is 0 Å². The molecule has 0 bridgehead atoms. The zero-order valence-electron chi connectivity index (χ0n) is 19.2. The van der Waals surface area contributed by atoms with Crippen molar-refractivity contribution in [3.05, 3.63) is 53.8 Å². The number of halogens is 1. The van der Waals surface area contributed by atoms with E-state index in [0.717, 1.165) is 47.5 Å². The van der Waals surface area contributed by atoms with Crippen molar-refractivity contribution in [2.45, 2.75) is 26.4 Å². The highest BCUT2D eigenvalue weighted by Gasteiger charge is 2.26. The van der Waals surface area contributed by atoms with Crippen LogP contribution in [0.3, 0.4) is 0 Å². The lowest BCUT2D eigenvalue weighted by Gasteiger charge is -2.37. The summed E-state index contributed by atoms with van der Waals surface area (Å²) in [6, 6.07) is 12.6. The summed E-state index contributed by atoms with van der Waals surface area (Å²) in [5.41, 5.74) is 8.47. The molecule has 0 saturated carbocycles. The highest BCUT2D eigenvalue weighted by molar-refractivity contribution is 5.91. The Morgan fingerprint density at radius 3 is 2.91 bits per heavy atom. The van der Waals surface area contributed by atoms with E-state index in [4.69, 9.17) is 10.7 Å². The normalized spacial score (nSPS) is 16.4. The molecule has 0 unspecified atom stereocenters. The van der Waals surface area contributed by atoms with Gasteiger partial charge < -0.3 is 21.3 Å². The van der Waals surface area contributed by atoms with Crippen molar-refractivity contribution < 1.29 is 4.39 Å². The van der Waals surface area contributed by atoms with Crippen molar-refractivity contribution in [1.29, 1.82) is 0 Å². The van der Waals surface area contributed by atoms with Crippen LogP contribution in [0.5, 0.6) is 0 Å². The highest BCUT2D eigenvalue weighted by Crippen LogP contribution is 2.29. The van der Waals surface area contributed by atoms with Crippen LogP contribution in [0.1, 0.15) is 19.4 Å². The van der Waals surface area contributed by atoms with Gasteiger partial charge in [-0.15, -0.1) is 10.2 Å². The molecule has 5 N–H and O–H groups in total. The lowest BCUT2D eigenvalue weighted by atomic mass is 10.0. The van der Waals surface area contributed by atoms with Gasteiger partial charge in [-0.1, -0.05) is 26.0 Å². The predicted molar refractivity (Wildman–Crippen MR) is 132 cm³/mol. The molecule has 0 aliphatic carbocycles. The molecule has 5 rings (SSSR count). The van der Waals surface area contributed by atoms with E-state index in [1.54, 1.807) is 6.07 Å². The predicted octanol–water partition coefficient (Wildman–Crippen LogP) is 3.18. The van der Waals surface area contributed by atoms with Gasteiger partial charge in [0.25, 0.3) is 0 Å². The first-order chi connectivity index (χ1) is 16.5. The van der Waals surface area contributed by atoms with Gasteiger partial charge >= 0.3 is 0 Å². The average Bonchev–Trinajstić information content (AvgIpc) is 3.23. The average molecular weight is 462 g/mol. The van der Waals surface area contributed by atoms with Gasteiger partial charge in [0.2, 0.25) is 0 Å². The van der Waals surface area contributed by atoms with Gasteiger partial charge in [-0.05, 0) is 41.8 Å². The Morgan fingerprint density at radius 1 is 1.21 bits per heavy atom. The number of nitrogens with zero attached hydrogens (tertiary/aromatic N) is 5. The summed E-state index contributed by atoms with van der Waals surface area (Å²) in [6.45, 7) is 7.28. The van der Waals surface area contributed by atoms with Crippen LogP contribution in [-0.4, -0.2) is 51.1 Å². The van der Waals surface area contributed by atoms with E-state index in [1.165, 1.54) is 12.1 Å². The third kappa shape index (κ3) is 4.49. The van der Waals surface area contributed by atoms with Gasteiger partial charge in [0, 0.05) is 43.2 Å². The molecule has 1 aliphatic heterocycles. The number of hydrogen-bond donors (Lipinski definition) is 4. The molecule has 1 fully saturated rings. The van der Waals surface area contributed by atoms with Gasteiger partial charge in [-0.2, -0.15) is 5.10 Å². The standard InChI is InChI=1S/C24H28FN9/c1-14(2)20-13-34(9-8-27-20)24-23(28-12-15-4-3-5-17(25)10-15)33-32-22(29-24)16-6-7-19-18(11-16)21(26)31-30-19/h3-7,10-11,14,20,27H,8-9,12-13H2,1-2H3,(H,28,33)(H3,26,30,31)/t20-/m1/s1. The molecular formula is C24H28FN9. The third-order valence-electron chi connectivity index (χ3n) is 6.18. The maximum absolute atomic E-state index is 13.6. The molecule has 34 heavy (non-hydrogen) atoms. The molecule has 2 aromatic heterocycles. The first-order valence-corrected chi connectivity index (χ1v) is 11.4. The fourth-order valence-corrected chi connectivity index (χ4v) is 4.20. The second-order valence-electron chi connectivity index (χ2n) is 8.91. The van der Waals surface area contributed by atoms with E-state index in [-0.39, 0.29) is 5.82 Å². The summed E-state index contributed by atoms with van der Waals surface area (Å²) < 4.78 is 13.6. The molecule has 2 aromatic carbocycles. The summed E-state index contributed by atoms with van der Waals surface area (Å²) >= 11 is 0. The van der Waals surface area contributed by atoms with Gasteiger partial charge in [0.15, 0.2) is 23.3 Å². The number of anilines is 3. The van der Waals surface area contributed by atoms with Crippen molar-refractivity contribution in [3.8, 4) is 11.4 Å². The van der Waals surface area contributed by atoms with Crippen molar-refractivity contribution in [2.24, 2.45) is 5.92 Å². The molecule has 176 valence electrons. The number of hydrogen-bond acceptors (Lipinski definition) is 8. The lowest BCUT2D eigenvalue weighted by Crippen LogP contribution is -2.53. The summed E-state index contributed by atoms with van der Waals surface area (Å²) in [6.07, 6.45) is 0. The van der Waals surface area contributed by atoms with Crippen molar-refractivity contribution >= 4 is 28.4 Å². The van der Waals surface area contributed by atoms with Crippen LogP contribution in [0.25, 0.3) is 22.3 Å². The van der Waals surface area contributed by atoms with E-state index in [2.05, 4.69) is 49.8 Å². The number of benzene rings is 2. The fraction of sp³-hybridized carbons (Fsp3) is 0.333. The fourth-order valence-electron chi connectivity index (χ4n) is 4.20. The minimum absolute atomic E-state index is 0.269. The number of nitrogen functional groups attached to an aromatic ring is 1. The number of piperazine rings is 1. The van der Waals surface area contributed by atoms with Crippen LogP contribution in [0, 0.1) is 11.7 Å². The highest BCUT2D eigenvalue weighted by atomic mass is 19.1. The van der Waals surface area contributed by atoms with Gasteiger partial charge in [-0.3, -0.25) is 5.10 Å². The van der Waals surface area contributed by atoms with Gasteiger partial charge in [-0.25, -0.2) is 9.37 Å². The quantitative estimate of drug-likeness (QED) is 0.346. The van der Waals surface area contributed by atoms with Crippen LogP contribution < -0.4 is 21.3 Å². The Bertz CT molecular complexity index is 1300. The van der Waals surface area contributed by atoms with Gasteiger partial charge in [0.1, 0.15) is 5.82 Å². The molecule has 9 nitrogen and oxygen atoms in total. The van der Waals surface area contributed by atoms with Crippen LogP contribution in [0.15, 0.2) is 42.5 Å². The Hall–Kier alpha value is -3.79. The van der Waals surface area contributed by atoms with E-state index < -0.39 is 0 Å². The van der Waals surface area contributed by atoms with Crippen LogP contribution in [0.2, 0.25) is 0 Å². The van der Waals surface area contributed by atoms with Crippen molar-refractivity contribution in [2.75, 3.05) is 35.6 Å². The summed E-state index contributed by atoms with van der Waals surface area (Å²) in [5, 5.41) is 23.6. The Morgan fingerprint density at radius 2 is 2.09 bits per heavy atom. The first kappa shape index (κ1) is 22.0. The molecule has 1 aliphatic rings. The van der Waals surface area contributed by atoms with E-state index in [1.807, 2.05) is 24.3 Å². The Kier molecular flexibility index (Phi) is 5.97. The molecule has 1 saturated heterocycles. The second-order valence-corrected chi connectivity index (χ2v) is 8.91. The summed E-state index contributed by atoms with van der Waals surface area (Å²) in [7, 11) is 0. The monoisotopic (exact) mass is 461 g/mol. The second kappa shape index (κ2) is 9.22. The largest absolute Gasteiger partial charge is 0.382 e. The minimum atomic E-state index is -0.269. The third-order valence-corrected chi connectivity index (χ3v) is 6.18. The molecule has 0 radical (unpaired) electrons. The number of aromatic nitrogens is 5. The maximum Gasteiger partial charge on any atom is 0.192 e. The number of rotatable bonds is 6. The Labute approximate surface area is 197 Å². The molecule has 1 atom stereocenters. The topological polar surface area (TPSA) is 121 Å². The SMILES string of the molecule is CC(C)[C@H]1CN(c2nc(-c3ccc4[nH]nc(N)c4c3)nnc2NCc2cccc(F)c2)CCN1. The minimum Gasteiger partial charge on any atom is -0.382 e. The zero-order valence-corrected chi connectivity index (χ0v) is 19.2. The molecule has 4 aromatic rings. The number of aromatic amines is 1. The summed E-state index contributed by atoms with van der Waals surface area (Å²) in [4.78, 5) is 7.16. The molecule has 0 amide bonds.